The van der Waals surface area contributed by atoms with Gasteiger partial charge in [0, 0.05) is 11.1 Å². The van der Waals surface area contributed by atoms with Crippen LogP contribution >= 0.6 is 27.7 Å². The molecule has 2 unspecified atom stereocenters. The summed E-state index contributed by atoms with van der Waals surface area (Å²) in [5.41, 5.74) is -0.237. The van der Waals surface area contributed by atoms with E-state index in [0.717, 1.165) is 24.6 Å². The maximum absolute atomic E-state index is 13.9. The summed E-state index contributed by atoms with van der Waals surface area (Å²) < 4.78 is 21.5. The average Bonchev–Trinajstić information content (AvgIpc) is 3.22. The second-order valence-electron chi connectivity index (χ2n) is 5.93. The van der Waals surface area contributed by atoms with Crippen LogP contribution in [-0.2, 0) is 16.1 Å². The number of benzene rings is 1. The van der Waals surface area contributed by atoms with E-state index in [2.05, 4.69) is 31.4 Å². The first-order valence-electron chi connectivity index (χ1n) is 8.13. The topological polar surface area (TPSA) is 89.0 Å². The van der Waals surface area contributed by atoms with Crippen LogP contribution in [0.2, 0.25) is 0 Å². The van der Waals surface area contributed by atoms with Crippen molar-refractivity contribution in [1.82, 2.24) is 14.8 Å². The molecule has 1 aliphatic heterocycles. The normalized spacial score (nSPS) is 18.0. The Bertz CT molecular complexity index is 850. The van der Waals surface area contributed by atoms with Gasteiger partial charge in [0.05, 0.1) is 23.6 Å². The minimum Gasteiger partial charge on any atom is -0.376 e. The molecule has 26 heavy (non-hydrogen) atoms. The average molecular weight is 445 g/mol. The van der Waals surface area contributed by atoms with Gasteiger partial charge in [0.1, 0.15) is 5.82 Å². The van der Waals surface area contributed by atoms with Crippen molar-refractivity contribution >= 4 is 39.3 Å². The second-order valence-corrected chi connectivity index (χ2v) is 8.15. The van der Waals surface area contributed by atoms with Gasteiger partial charge in [0.15, 0.2) is 5.16 Å². The first-order valence-corrected chi connectivity index (χ1v) is 9.80. The van der Waals surface area contributed by atoms with Crippen LogP contribution in [-0.4, -0.2) is 38.6 Å². The summed E-state index contributed by atoms with van der Waals surface area (Å²) in [6, 6.07) is 4.40. The van der Waals surface area contributed by atoms with Crippen LogP contribution in [0.5, 0.6) is 0 Å². The van der Waals surface area contributed by atoms with Gasteiger partial charge in [-0.2, -0.15) is 0 Å². The van der Waals surface area contributed by atoms with Crippen LogP contribution < -0.4 is 11.0 Å². The van der Waals surface area contributed by atoms with Gasteiger partial charge < -0.3 is 10.1 Å². The summed E-state index contributed by atoms with van der Waals surface area (Å²) in [4.78, 5) is 24.3. The van der Waals surface area contributed by atoms with E-state index in [-0.39, 0.29) is 23.4 Å². The lowest BCUT2D eigenvalue weighted by atomic mass is 10.2. The Morgan fingerprint density at radius 2 is 2.42 bits per heavy atom. The SMILES string of the molecule is CC(Sc1n[nH]c(=O)n1CC1CCCO1)C(=O)Nc1ccc(Br)cc1F. The van der Waals surface area contributed by atoms with Gasteiger partial charge in [-0.3, -0.25) is 9.36 Å². The Labute approximate surface area is 161 Å². The van der Waals surface area contributed by atoms with Gasteiger partial charge in [-0.25, -0.2) is 14.3 Å². The van der Waals surface area contributed by atoms with Gasteiger partial charge in [0.25, 0.3) is 0 Å². The van der Waals surface area contributed by atoms with Crippen LogP contribution in [0.25, 0.3) is 0 Å². The Kier molecular flexibility index (Phi) is 6.15. The Hall–Kier alpha value is -1.65. The molecule has 1 aromatic carbocycles. The molecule has 0 aliphatic carbocycles. The first kappa shape index (κ1) is 19.1. The lowest BCUT2D eigenvalue weighted by Crippen LogP contribution is -2.27. The lowest BCUT2D eigenvalue weighted by Gasteiger charge is -2.14. The highest BCUT2D eigenvalue weighted by Crippen LogP contribution is 2.24. The largest absolute Gasteiger partial charge is 0.376 e. The number of ether oxygens (including phenoxy) is 1. The van der Waals surface area contributed by atoms with Crippen LogP contribution in [0, 0.1) is 5.82 Å². The van der Waals surface area contributed by atoms with Crippen molar-refractivity contribution in [2.24, 2.45) is 0 Å². The molecule has 0 spiro atoms. The predicted molar refractivity (Wildman–Crippen MR) is 99.9 cm³/mol. The number of anilines is 1. The molecule has 1 aliphatic rings. The summed E-state index contributed by atoms with van der Waals surface area (Å²) in [6.07, 6.45) is 1.84. The number of halogens is 2. The van der Waals surface area contributed by atoms with Crippen molar-refractivity contribution in [1.29, 1.82) is 0 Å². The minimum atomic E-state index is -0.573. The van der Waals surface area contributed by atoms with E-state index in [0.29, 0.717) is 22.8 Å². The van der Waals surface area contributed by atoms with E-state index in [1.807, 2.05) is 0 Å². The zero-order valence-corrected chi connectivity index (χ0v) is 16.4. The minimum absolute atomic E-state index is 0.0226. The third-order valence-corrected chi connectivity index (χ3v) is 5.56. The molecule has 3 rings (SSSR count). The molecule has 1 amide bonds. The van der Waals surface area contributed by atoms with Gasteiger partial charge in [0.2, 0.25) is 5.91 Å². The molecule has 0 radical (unpaired) electrons. The molecular formula is C16H18BrFN4O3S. The molecule has 2 heterocycles. The highest BCUT2D eigenvalue weighted by molar-refractivity contribution is 9.10. The summed E-state index contributed by atoms with van der Waals surface area (Å²) in [5.74, 6) is -0.907. The van der Waals surface area contributed by atoms with Gasteiger partial charge >= 0.3 is 5.69 Å². The maximum Gasteiger partial charge on any atom is 0.344 e. The van der Waals surface area contributed by atoms with Gasteiger partial charge in [-0.15, -0.1) is 5.10 Å². The van der Waals surface area contributed by atoms with Crippen LogP contribution in [0.15, 0.2) is 32.6 Å². The number of rotatable bonds is 6. The molecule has 0 bridgehead atoms. The summed E-state index contributed by atoms with van der Waals surface area (Å²) >= 11 is 4.30. The molecule has 1 aromatic heterocycles. The molecule has 2 N–H and O–H groups in total. The number of hydrogen-bond acceptors (Lipinski definition) is 5. The number of nitrogens with one attached hydrogen (secondary N) is 2. The highest BCUT2D eigenvalue weighted by Gasteiger charge is 2.23. The second kappa shape index (κ2) is 8.36. The fourth-order valence-electron chi connectivity index (χ4n) is 2.58. The van der Waals surface area contributed by atoms with E-state index in [1.54, 1.807) is 13.0 Å². The fourth-order valence-corrected chi connectivity index (χ4v) is 3.78. The van der Waals surface area contributed by atoms with Crippen molar-refractivity contribution in [3.8, 4) is 0 Å². The number of hydrogen-bond donors (Lipinski definition) is 2. The van der Waals surface area contributed by atoms with Crippen molar-refractivity contribution in [3.05, 3.63) is 39.0 Å². The number of aromatic nitrogens is 3. The smallest absolute Gasteiger partial charge is 0.344 e. The monoisotopic (exact) mass is 444 g/mol. The molecule has 7 nitrogen and oxygen atoms in total. The van der Waals surface area contributed by atoms with Crippen molar-refractivity contribution in [3.63, 3.8) is 0 Å². The number of carbonyl (C=O) groups is 1. The zero-order valence-electron chi connectivity index (χ0n) is 14.0. The molecule has 2 atom stereocenters. The van der Waals surface area contributed by atoms with Crippen molar-refractivity contribution < 1.29 is 13.9 Å². The lowest BCUT2D eigenvalue weighted by molar-refractivity contribution is -0.115. The molecule has 0 saturated carbocycles. The molecule has 140 valence electrons. The molecule has 2 aromatic rings. The quantitative estimate of drug-likeness (QED) is 0.668. The zero-order chi connectivity index (χ0) is 18.7. The number of nitrogens with zero attached hydrogens (tertiary/aromatic N) is 2. The Morgan fingerprint density at radius 3 is 3.12 bits per heavy atom. The van der Waals surface area contributed by atoms with E-state index in [4.69, 9.17) is 4.74 Å². The molecule has 10 heteroatoms. The van der Waals surface area contributed by atoms with E-state index in [1.165, 1.54) is 16.7 Å². The number of carbonyl (C=O) groups excluding carboxylic acids is 1. The highest BCUT2D eigenvalue weighted by atomic mass is 79.9. The van der Waals surface area contributed by atoms with Gasteiger partial charge in [-0.05, 0) is 38.0 Å². The molecular weight excluding hydrogens is 427 g/mol. The van der Waals surface area contributed by atoms with Crippen LogP contribution in [0.3, 0.4) is 0 Å². The molecule has 1 fully saturated rings. The predicted octanol–water partition coefficient (Wildman–Crippen LogP) is 2.77. The third-order valence-electron chi connectivity index (χ3n) is 3.97. The van der Waals surface area contributed by atoms with Gasteiger partial charge in [-0.1, -0.05) is 27.7 Å². The number of thioether (sulfide) groups is 1. The van der Waals surface area contributed by atoms with E-state index in [9.17, 15) is 14.0 Å². The summed E-state index contributed by atoms with van der Waals surface area (Å²) in [6.45, 7) is 2.76. The summed E-state index contributed by atoms with van der Waals surface area (Å²) in [7, 11) is 0. The number of amides is 1. The van der Waals surface area contributed by atoms with E-state index < -0.39 is 11.1 Å². The van der Waals surface area contributed by atoms with E-state index >= 15 is 0 Å². The first-order chi connectivity index (χ1) is 12.4. The van der Waals surface area contributed by atoms with Crippen LogP contribution in [0.1, 0.15) is 19.8 Å². The fraction of sp³-hybridized carbons (Fsp3) is 0.438. The molecule has 1 saturated heterocycles. The number of aromatic amines is 1. The Morgan fingerprint density at radius 1 is 1.62 bits per heavy atom. The van der Waals surface area contributed by atoms with Crippen LogP contribution in [0.4, 0.5) is 10.1 Å². The standard InChI is InChI=1S/C16H18BrFN4O3S/c1-9(14(23)19-13-5-4-10(17)7-12(13)18)26-16-21-20-15(24)22(16)8-11-3-2-6-25-11/h4-5,7,9,11H,2-3,6,8H2,1H3,(H,19,23)(H,20,24). The third kappa shape index (κ3) is 4.54. The maximum atomic E-state index is 13.9. The number of H-pyrrole nitrogens is 1. The summed E-state index contributed by atoms with van der Waals surface area (Å²) in [5, 5.41) is 8.78. The Balaban J connectivity index is 1.66. The van der Waals surface area contributed by atoms with Crippen molar-refractivity contribution in [2.45, 2.75) is 42.8 Å². The van der Waals surface area contributed by atoms with Crippen molar-refractivity contribution in [2.75, 3.05) is 11.9 Å².